The van der Waals surface area contributed by atoms with Crippen molar-refractivity contribution < 1.29 is 18.3 Å². The Labute approximate surface area is 106 Å². The summed E-state index contributed by atoms with van der Waals surface area (Å²) in [6.07, 6.45) is -1.46. The summed E-state index contributed by atoms with van der Waals surface area (Å²) in [6.45, 7) is 7.30. The number of halogens is 3. The molecule has 104 valence electrons. The number of hydrogen-bond donors (Lipinski definition) is 2. The van der Waals surface area contributed by atoms with Crippen LogP contribution in [-0.4, -0.2) is 24.4 Å². The van der Waals surface area contributed by atoms with Gasteiger partial charge in [0.2, 0.25) is 0 Å². The van der Waals surface area contributed by atoms with E-state index in [2.05, 4.69) is 11.9 Å². The van der Waals surface area contributed by atoms with Crippen LogP contribution in [0.4, 0.5) is 13.2 Å². The largest absolute Gasteiger partial charge is 0.416 e. The summed E-state index contributed by atoms with van der Waals surface area (Å²) in [7, 11) is 0. The van der Waals surface area contributed by atoms with Gasteiger partial charge >= 0.3 is 6.18 Å². The van der Waals surface area contributed by atoms with Gasteiger partial charge in [-0.1, -0.05) is 18.2 Å². The van der Waals surface area contributed by atoms with Crippen LogP contribution in [0.3, 0.4) is 0 Å². The molecule has 0 radical (unpaired) electrons. The second-order valence-electron chi connectivity index (χ2n) is 3.85. The van der Waals surface area contributed by atoms with Crippen LogP contribution in [0.5, 0.6) is 0 Å². The molecule has 0 unspecified atom stereocenters. The highest BCUT2D eigenvalue weighted by molar-refractivity contribution is 5.34. The van der Waals surface area contributed by atoms with E-state index < -0.39 is 11.7 Å². The van der Waals surface area contributed by atoms with E-state index in [1.807, 2.05) is 6.92 Å². The van der Waals surface area contributed by atoms with E-state index in [1.165, 1.54) is 0 Å². The number of hydrogen-bond acceptors (Lipinski definition) is 2. The highest BCUT2D eigenvalue weighted by Gasteiger charge is 2.31. The molecule has 5 heteroatoms. The van der Waals surface area contributed by atoms with Crippen molar-refractivity contribution in [2.24, 2.45) is 0 Å². The van der Waals surface area contributed by atoms with Crippen molar-refractivity contribution in [3.05, 3.63) is 35.6 Å². The minimum absolute atomic E-state index is 0.0219. The lowest BCUT2D eigenvalue weighted by Crippen LogP contribution is -2.16. The third-order valence-electron chi connectivity index (χ3n) is 2.38. The van der Waals surface area contributed by atoms with Crippen molar-refractivity contribution in [2.75, 3.05) is 13.2 Å². The molecule has 0 aliphatic heterocycles. The standard InChI is InChI=1S/C13H20F3NO/c1-4-11(13(14,15)16)9-12(17-5-2)10(3)7-6-8-18/h4,9,17-18H,1,5-8H2,2-3H3/b11-9+,12-10-. The molecular weight excluding hydrogens is 243 g/mol. The summed E-state index contributed by atoms with van der Waals surface area (Å²) in [4.78, 5) is 0. The monoisotopic (exact) mass is 263 g/mol. The predicted molar refractivity (Wildman–Crippen MR) is 67.0 cm³/mol. The summed E-state index contributed by atoms with van der Waals surface area (Å²) in [6, 6.07) is 0. The van der Waals surface area contributed by atoms with Crippen molar-refractivity contribution in [3.63, 3.8) is 0 Å². The first kappa shape index (κ1) is 16.8. The Balaban J connectivity index is 5.22. The lowest BCUT2D eigenvalue weighted by atomic mass is 10.1. The van der Waals surface area contributed by atoms with E-state index in [1.54, 1.807) is 6.92 Å². The van der Waals surface area contributed by atoms with E-state index in [-0.39, 0.29) is 6.61 Å². The second-order valence-corrected chi connectivity index (χ2v) is 3.85. The highest BCUT2D eigenvalue weighted by atomic mass is 19.4. The summed E-state index contributed by atoms with van der Waals surface area (Å²) >= 11 is 0. The van der Waals surface area contributed by atoms with Crippen molar-refractivity contribution in [3.8, 4) is 0 Å². The minimum Gasteiger partial charge on any atom is -0.396 e. The van der Waals surface area contributed by atoms with E-state index in [0.29, 0.717) is 25.1 Å². The van der Waals surface area contributed by atoms with Gasteiger partial charge in [0.15, 0.2) is 0 Å². The SMILES string of the molecule is C=C/C(=C\C(NCC)=C(/C)CCCO)C(F)(F)F. The average Bonchev–Trinajstić information content (AvgIpc) is 2.29. The van der Waals surface area contributed by atoms with Crippen LogP contribution in [-0.2, 0) is 0 Å². The molecule has 0 amide bonds. The number of rotatable bonds is 7. The molecule has 0 aliphatic carbocycles. The molecule has 0 saturated carbocycles. The fraction of sp³-hybridized carbons (Fsp3) is 0.538. The van der Waals surface area contributed by atoms with Gasteiger partial charge in [-0.25, -0.2) is 0 Å². The van der Waals surface area contributed by atoms with E-state index in [4.69, 9.17) is 5.11 Å². The van der Waals surface area contributed by atoms with E-state index in [9.17, 15) is 13.2 Å². The van der Waals surface area contributed by atoms with Gasteiger partial charge in [0.1, 0.15) is 0 Å². The summed E-state index contributed by atoms with van der Waals surface area (Å²) in [5, 5.41) is 11.6. The van der Waals surface area contributed by atoms with Crippen LogP contribution in [0.25, 0.3) is 0 Å². The zero-order chi connectivity index (χ0) is 14.2. The van der Waals surface area contributed by atoms with Gasteiger partial charge in [0.25, 0.3) is 0 Å². The maximum atomic E-state index is 12.6. The van der Waals surface area contributed by atoms with Gasteiger partial charge in [0.05, 0.1) is 5.57 Å². The number of aliphatic hydroxyl groups excluding tert-OH is 1. The molecule has 0 heterocycles. The van der Waals surface area contributed by atoms with Gasteiger partial charge < -0.3 is 10.4 Å². The predicted octanol–water partition coefficient (Wildman–Crippen LogP) is 3.32. The number of nitrogens with one attached hydrogen (secondary N) is 1. The zero-order valence-corrected chi connectivity index (χ0v) is 10.8. The normalized spacial score (nSPS) is 14.2. The van der Waals surface area contributed by atoms with E-state index in [0.717, 1.165) is 17.7 Å². The number of aliphatic hydroxyl groups is 1. The third kappa shape index (κ3) is 5.91. The minimum atomic E-state index is -4.40. The molecule has 2 nitrogen and oxygen atoms in total. The molecule has 0 saturated heterocycles. The summed E-state index contributed by atoms with van der Waals surface area (Å²) in [5.41, 5.74) is 0.453. The zero-order valence-electron chi connectivity index (χ0n) is 10.8. The average molecular weight is 263 g/mol. The quantitative estimate of drug-likeness (QED) is 0.691. The molecule has 18 heavy (non-hydrogen) atoms. The number of alkyl halides is 3. The first-order chi connectivity index (χ1) is 8.36. The molecule has 0 bridgehead atoms. The summed E-state index contributed by atoms with van der Waals surface area (Å²) in [5.74, 6) is 0. The number of likely N-dealkylation sites (N-methyl/N-ethyl adjacent to an activating group) is 1. The van der Waals surface area contributed by atoms with E-state index >= 15 is 0 Å². The smallest absolute Gasteiger partial charge is 0.396 e. The van der Waals surface area contributed by atoms with Crippen molar-refractivity contribution in [1.82, 2.24) is 5.32 Å². The fourth-order valence-corrected chi connectivity index (χ4v) is 1.41. The maximum Gasteiger partial charge on any atom is 0.416 e. The molecule has 0 fully saturated rings. The van der Waals surface area contributed by atoms with Crippen LogP contribution in [0.1, 0.15) is 26.7 Å². The Morgan fingerprint density at radius 3 is 2.39 bits per heavy atom. The Hall–Kier alpha value is -1.23. The van der Waals surface area contributed by atoms with Crippen LogP contribution in [0, 0.1) is 0 Å². The molecule has 0 aliphatic rings. The van der Waals surface area contributed by atoms with Crippen molar-refractivity contribution in [1.29, 1.82) is 0 Å². The van der Waals surface area contributed by atoms with Gasteiger partial charge in [-0.15, -0.1) is 0 Å². The first-order valence-corrected chi connectivity index (χ1v) is 5.82. The highest BCUT2D eigenvalue weighted by Crippen LogP contribution is 2.27. The molecular formula is C13H20F3NO. The Bertz CT molecular complexity index is 330. The second kappa shape index (κ2) is 7.97. The molecule has 0 rings (SSSR count). The maximum absolute atomic E-state index is 12.6. The van der Waals surface area contributed by atoms with Crippen LogP contribution in [0.2, 0.25) is 0 Å². The van der Waals surface area contributed by atoms with Crippen LogP contribution >= 0.6 is 0 Å². The lowest BCUT2D eigenvalue weighted by molar-refractivity contribution is -0.0882. The van der Waals surface area contributed by atoms with Crippen molar-refractivity contribution in [2.45, 2.75) is 32.9 Å². The molecule has 0 aromatic rings. The van der Waals surface area contributed by atoms with Crippen LogP contribution < -0.4 is 5.32 Å². The molecule has 0 atom stereocenters. The molecule has 0 spiro atoms. The lowest BCUT2D eigenvalue weighted by Gasteiger charge is -2.13. The van der Waals surface area contributed by atoms with Gasteiger partial charge in [-0.2, -0.15) is 13.2 Å². The Kier molecular flexibility index (Phi) is 7.43. The molecule has 0 aromatic carbocycles. The number of allylic oxidation sites excluding steroid dienone is 4. The third-order valence-corrected chi connectivity index (χ3v) is 2.38. The Morgan fingerprint density at radius 2 is 2.00 bits per heavy atom. The molecule has 0 aromatic heterocycles. The fourth-order valence-electron chi connectivity index (χ4n) is 1.41. The van der Waals surface area contributed by atoms with Crippen molar-refractivity contribution >= 4 is 0 Å². The van der Waals surface area contributed by atoms with Crippen LogP contribution in [0.15, 0.2) is 35.6 Å². The van der Waals surface area contributed by atoms with Gasteiger partial charge in [-0.05, 0) is 32.8 Å². The molecule has 2 N–H and O–H groups in total. The van der Waals surface area contributed by atoms with Gasteiger partial charge in [0, 0.05) is 18.8 Å². The first-order valence-electron chi connectivity index (χ1n) is 5.82. The van der Waals surface area contributed by atoms with Gasteiger partial charge in [-0.3, -0.25) is 0 Å². The topological polar surface area (TPSA) is 32.3 Å². The Morgan fingerprint density at radius 1 is 1.39 bits per heavy atom. The summed E-state index contributed by atoms with van der Waals surface area (Å²) < 4.78 is 37.8.